The fourth-order valence-electron chi connectivity index (χ4n) is 10.7. The zero-order valence-corrected chi connectivity index (χ0v) is 46.2. The predicted molar refractivity (Wildman–Crippen MR) is 294 cm³/mol. The van der Waals surface area contributed by atoms with E-state index in [-0.39, 0.29) is 0 Å². The Kier molecular flexibility index (Phi) is 47.5. The first-order valence-corrected chi connectivity index (χ1v) is 30.9. The molecule has 1 aliphatic carbocycles. The van der Waals surface area contributed by atoms with E-state index in [0.29, 0.717) is 30.4 Å². The fourth-order valence-corrected chi connectivity index (χ4v) is 10.7. The van der Waals surface area contributed by atoms with Gasteiger partial charge < -0.3 is 19.8 Å². The van der Waals surface area contributed by atoms with Crippen LogP contribution in [0.5, 0.6) is 0 Å². The zero-order chi connectivity index (χ0) is 48.5. The van der Waals surface area contributed by atoms with Crippen molar-refractivity contribution in [2.45, 2.75) is 329 Å². The molecule has 0 unspecified atom stereocenters. The molecular formula is C61H121N3O3. The molecule has 1 N–H and O–H groups in total. The molecule has 0 aromatic rings. The minimum absolute atomic E-state index is 0.340. The fraction of sp³-hybridized carbons (Fsp3) is 0.967. The Morgan fingerprint density at radius 1 is 0.328 bits per heavy atom. The van der Waals surface area contributed by atoms with E-state index in [4.69, 9.17) is 0 Å². The Bertz CT molecular complexity index is 923. The summed E-state index contributed by atoms with van der Waals surface area (Å²) in [6, 6.07) is 0.647. The molecule has 2 amide bonds. The van der Waals surface area contributed by atoms with Gasteiger partial charge >= 0.3 is 0 Å². The van der Waals surface area contributed by atoms with Crippen LogP contribution in [0.2, 0.25) is 0 Å². The molecular weight excluding hydrogens is 823 g/mol. The Morgan fingerprint density at radius 3 is 0.806 bits per heavy atom. The van der Waals surface area contributed by atoms with Crippen molar-refractivity contribution in [3.8, 4) is 0 Å². The molecule has 0 aromatic carbocycles. The summed E-state index contributed by atoms with van der Waals surface area (Å²) < 4.78 is 0. The maximum absolute atomic E-state index is 13.5. The second kappa shape index (κ2) is 49.8. The number of carbonyl (C=O) groups excluding carboxylic acids is 2. The van der Waals surface area contributed by atoms with Gasteiger partial charge in [0.2, 0.25) is 11.8 Å². The lowest BCUT2D eigenvalue weighted by Crippen LogP contribution is -2.46. The van der Waals surface area contributed by atoms with Crippen molar-refractivity contribution in [2.24, 2.45) is 5.92 Å². The molecule has 1 aliphatic rings. The van der Waals surface area contributed by atoms with Crippen molar-refractivity contribution in [3.63, 3.8) is 0 Å². The van der Waals surface area contributed by atoms with Gasteiger partial charge in [0.15, 0.2) is 0 Å². The number of nitrogens with zero attached hydrogens (tertiary/aromatic N) is 3. The van der Waals surface area contributed by atoms with Gasteiger partial charge in [0.1, 0.15) is 0 Å². The quantitative estimate of drug-likeness (QED) is 0.0617. The van der Waals surface area contributed by atoms with Gasteiger partial charge in [-0.2, -0.15) is 0 Å². The number of hydrogen-bond acceptors (Lipinski definition) is 4. The number of rotatable bonds is 54. The monoisotopic (exact) mass is 944 g/mol. The van der Waals surface area contributed by atoms with E-state index in [1.807, 2.05) is 0 Å². The van der Waals surface area contributed by atoms with Gasteiger partial charge in [-0.3, -0.25) is 9.59 Å². The van der Waals surface area contributed by atoms with Crippen molar-refractivity contribution < 1.29 is 14.7 Å². The van der Waals surface area contributed by atoms with Crippen LogP contribution < -0.4 is 0 Å². The summed E-state index contributed by atoms with van der Waals surface area (Å²) in [5.41, 5.74) is 0. The smallest absolute Gasteiger partial charge is 0.222 e. The van der Waals surface area contributed by atoms with Gasteiger partial charge in [-0.1, -0.05) is 246 Å². The second-order valence-electron chi connectivity index (χ2n) is 21.9. The number of aliphatic hydroxyl groups excluding tert-OH is 1. The SMILES string of the molecule is CCCCCCCCCCN(CCCCCCCCCC)C(=O)CCCCCCCN(CCCCCCCC(=O)N(CCCCCCCCCC)CCCCCCCCCC)C1CC(CO)C1. The van der Waals surface area contributed by atoms with Crippen LogP contribution in [0.15, 0.2) is 0 Å². The van der Waals surface area contributed by atoms with Gasteiger partial charge in [0, 0.05) is 51.7 Å². The first-order chi connectivity index (χ1) is 33.0. The van der Waals surface area contributed by atoms with E-state index in [9.17, 15) is 14.7 Å². The standard InChI is InChI=1S/C61H121N3O3/c1-5-9-13-17-21-25-33-43-51-63(52-44-34-26-22-18-14-10-6-2)60(66)47-39-31-29-37-41-49-62(59-55-58(56-59)57-65)50-42-38-30-32-40-48-61(67)64(53-45-35-27-23-19-15-11-7-3)54-46-36-28-24-20-16-12-8-4/h58-59,65H,5-57H2,1-4H3. The number of carbonyl (C=O) groups is 2. The zero-order valence-electron chi connectivity index (χ0n) is 46.2. The summed E-state index contributed by atoms with van der Waals surface area (Å²) in [6.45, 7) is 15.7. The molecule has 0 spiro atoms. The van der Waals surface area contributed by atoms with Crippen LogP contribution in [-0.2, 0) is 9.59 Å². The molecule has 0 radical (unpaired) electrons. The van der Waals surface area contributed by atoms with Gasteiger partial charge in [-0.05, 0) is 83.2 Å². The lowest BCUT2D eigenvalue weighted by Gasteiger charge is -2.42. The summed E-state index contributed by atoms with van der Waals surface area (Å²) in [4.78, 5) is 34.1. The Labute approximate surface area is 420 Å². The number of unbranched alkanes of at least 4 members (excludes halogenated alkanes) is 36. The summed E-state index contributed by atoms with van der Waals surface area (Å²) in [7, 11) is 0. The Morgan fingerprint density at radius 2 is 0.552 bits per heavy atom. The molecule has 6 nitrogen and oxygen atoms in total. The maximum Gasteiger partial charge on any atom is 0.222 e. The molecule has 0 bridgehead atoms. The molecule has 67 heavy (non-hydrogen) atoms. The maximum atomic E-state index is 13.5. The van der Waals surface area contributed by atoms with Crippen molar-refractivity contribution in [2.75, 3.05) is 45.9 Å². The molecule has 398 valence electrons. The lowest BCUT2D eigenvalue weighted by atomic mass is 9.79. The summed E-state index contributed by atoms with van der Waals surface area (Å²) in [6.07, 6.45) is 57.9. The van der Waals surface area contributed by atoms with Crippen LogP contribution >= 0.6 is 0 Å². The van der Waals surface area contributed by atoms with E-state index in [1.165, 1.54) is 270 Å². The molecule has 1 rings (SSSR count). The third kappa shape index (κ3) is 39.2. The third-order valence-electron chi connectivity index (χ3n) is 15.5. The van der Waals surface area contributed by atoms with Crippen LogP contribution in [0, 0.1) is 5.92 Å². The number of amides is 2. The van der Waals surface area contributed by atoms with Crippen LogP contribution in [0.3, 0.4) is 0 Å². The normalized spacial score (nSPS) is 14.8. The van der Waals surface area contributed by atoms with Crippen molar-refractivity contribution in [3.05, 3.63) is 0 Å². The predicted octanol–water partition coefficient (Wildman–Crippen LogP) is 18.0. The summed E-state index contributed by atoms with van der Waals surface area (Å²) >= 11 is 0. The topological polar surface area (TPSA) is 64.1 Å². The van der Waals surface area contributed by atoms with E-state index < -0.39 is 0 Å². The van der Waals surface area contributed by atoms with Gasteiger partial charge in [0.25, 0.3) is 0 Å². The number of hydrogen-bond donors (Lipinski definition) is 1. The molecule has 6 heteroatoms. The summed E-state index contributed by atoms with van der Waals surface area (Å²) in [5, 5.41) is 9.74. The second-order valence-corrected chi connectivity index (χ2v) is 21.9. The average Bonchev–Trinajstić information content (AvgIpc) is 3.32. The average molecular weight is 945 g/mol. The molecule has 1 saturated carbocycles. The molecule has 0 saturated heterocycles. The highest BCUT2D eigenvalue weighted by Crippen LogP contribution is 2.32. The van der Waals surface area contributed by atoms with Crippen LogP contribution in [0.25, 0.3) is 0 Å². The molecule has 1 fully saturated rings. The highest BCUT2D eigenvalue weighted by molar-refractivity contribution is 5.76. The Hall–Kier alpha value is -1.14. The number of aliphatic hydroxyl groups is 1. The van der Waals surface area contributed by atoms with Crippen LogP contribution in [0.4, 0.5) is 0 Å². The van der Waals surface area contributed by atoms with E-state index >= 15 is 0 Å². The third-order valence-corrected chi connectivity index (χ3v) is 15.5. The van der Waals surface area contributed by atoms with Crippen LogP contribution in [0.1, 0.15) is 323 Å². The van der Waals surface area contributed by atoms with Crippen LogP contribution in [-0.4, -0.2) is 83.5 Å². The summed E-state index contributed by atoms with van der Waals surface area (Å²) in [5.74, 6) is 1.33. The van der Waals surface area contributed by atoms with Gasteiger partial charge in [0.05, 0.1) is 0 Å². The molecule has 0 atom stereocenters. The van der Waals surface area contributed by atoms with Crippen molar-refractivity contribution >= 4 is 11.8 Å². The molecule has 0 aromatic heterocycles. The van der Waals surface area contributed by atoms with Gasteiger partial charge in [-0.25, -0.2) is 0 Å². The highest BCUT2D eigenvalue weighted by atomic mass is 16.3. The Balaban J connectivity index is 2.40. The van der Waals surface area contributed by atoms with E-state index in [1.54, 1.807) is 0 Å². The highest BCUT2D eigenvalue weighted by Gasteiger charge is 2.32. The minimum atomic E-state index is 0.340. The van der Waals surface area contributed by atoms with E-state index in [2.05, 4.69) is 42.4 Å². The molecule has 0 heterocycles. The van der Waals surface area contributed by atoms with E-state index in [0.717, 1.165) is 64.7 Å². The minimum Gasteiger partial charge on any atom is -0.396 e. The first kappa shape index (κ1) is 63.9. The molecule has 0 aliphatic heterocycles. The van der Waals surface area contributed by atoms with Crippen molar-refractivity contribution in [1.82, 2.24) is 14.7 Å². The largest absolute Gasteiger partial charge is 0.396 e. The lowest BCUT2D eigenvalue weighted by molar-refractivity contribution is -0.132. The van der Waals surface area contributed by atoms with Crippen molar-refractivity contribution in [1.29, 1.82) is 0 Å². The first-order valence-electron chi connectivity index (χ1n) is 30.9. The van der Waals surface area contributed by atoms with Gasteiger partial charge in [-0.15, -0.1) is 0 Å².